The Morgan fingerprint density at radius 2 is 1.94 bits per heavy atom. The minimum atomic E-state index is -0.714. The number of pyridine rings is 1. The van der Waals surface area contributed by atoms with E-state index in [0.29, 0.717) is 37.5 Å². The smallest absolute Gasteiger partial charge is 0.306 e. The molecule has 0 radical (unpaired) electrons. The third-order valence-electron chi connectivity index (χ3n) is 5.84. The summed E-state index contributed by atoms with van der Waals surface area (Å²) >= 11 is 6.26. The van der Waals surface area contributed by atoms with Gasteiger partial charge in [0.05, 0.1) is 11.4 Å². The number of halogens is 1. The van der Waals surface area contributed by atoms with Gasteiger partial charge in [-0.25, -0.2) is 4.98 Å². The van der Waals surface area contributed by atoms with Crippen LogP contribution in [0.25, 0.3) is 10.9 Å². The number of ether oxygens (including phenoxy) is 2. The highest BCUT2D eigenvalue weighted by atomic mass is 35.5. The maximum Gasteiger partial charge on any atom is 0.306 e. The summed E-state index contributed by atoms with van der Waals surface area (Å²) in [7, 11) is 0. The molecule has 2 aromatic carbocycles. The summed E-state index contributed by atoms with van der Waals surface area (Å²) < 4.78 is 10.8. The average molecular weight is 440 g/mol. The number of anilines is 2. The molecule has 1 saturated heterocycles. The molecule has 0 saturated carbocycles. The molecule has 0 unspecified atom stereocenters. The average Bonchev–Trinajstić information content (AvgIpc) is 3.25. The molecule has 0 bridgehead atoms. The molecule has 2 N–H and O–H groups in total. The van der Waals surface area contributed by atoms with Gasteiger partial charge in [-0.2, -0.15) is 0 Å². The van der Waals surface area contributed by atoms with Crippen molar-refractivity contribution in [3.8, 4) is 11.5 Å². The number of fused-ring (bicyclic) bond motifs is 2. The Kier molecular flexibility index (Phi) is 5.19. The number of carboxylic acid groups (broad SMARTS) is 1. The fraction of sp³-hybridized carbons (Fsp3) is 0.304. The zero-order chi connectivity index (χ0) is 21.4. The first-order chi connectivity index (χ1) is 15.1. The second kappa shape index (κ2) is 8.15. The third-order valence-corrected chi connectivity index (χ3v) is 6.08. The molecule has 1 aromatic heterocycles. The number of hydrogen-bond donors (Lipinski definition) is 2. The third kappa shape index (κ3) is 4.05. The van der Waals surface area contributed by atoms with Crippen LogP contribution in [0.1, 0.15) is 18.4 Å². The van der Waals surface area contributed by atoms with Gasteiger partial charge in [0, 0.05) is 41.8 Å². The van der Waals surface area contributed by atoms with Crippen LogP contribution in [-0.2, 0) is 11.3 Å². The molecule has 1 fully saturated rings. The predicted molar refractivity (Wildman–Crippen MR) is 119 cm³/mol. The van der Waals surface area contributed by atoms with Gasteiger partial charge in [0.25, 0.3) is 0 Å². The lowest BCUT2D eigenvalue weighted by atomic mass is 9.96. The number of benzene rings is 2. The molecular weight excluding hydrogens is 418 g/mol. The molecule has 2 aliphatic heterocycles. The van der Waals surface area contributed by atoms with Gasteiger partial charge in [-0.05, 0) is 48.7 Å². The summed E-state index contributed by atoms with van der Waals surface area (Å²) in [4.78, 5) is 18.3. The molecule has 8 heteroatoms. The van der Waals surface area contributed by atoms with E-state index in [9.17, 15) is 9.90 Å². The Bertz CT molecular complexity index is 1150. The second-order valence-corrected chi connectivity index (χ2v) is 8.27. The van der Waals surface area contributed by atoms with Crippen LogP contribution in [0.2, 0.25) is 5.02 Å². The van der Waals surface area contributed by atoms with Crippen LogP contribution in [-0.4, -0.2) is 35.9 Å². The summed E-state index contributed by atoms with van der Waals surface area (Å²) in [5.41, 5.74) is 2.92. The van der Waals surface area contributed by atoms with Gasteiger partial charge < -0.3 is 24.8 Å². The molecule has 31 heavy (non-hydrogen) atoms. The summed E-state index contributed by atoms with van der Waals surface area (Å²) in [6.45, 7) is 2.21. The van der Waals surface area contributed by atoms with Gasteiger partial charge in [-0.1, -0.05) is 17.7 Å². The number of nitrogens with zero attached hydrogens (tertiary/aromatic N) is 2. The van der Waals surface area contributed by atoms with Crippen LogP contribution in [0, 0.1) is 5.92 Å². The van der Waals surface area contributed by atoms with Gasteiger partial charge in [-0.15, -0.1) is 0 Å². The highest BCUT2D eigenvalue weighted by Crippen LogP contribution is 2.35. The lowest BCUT2D eigenvalue weighted by Gasteiger charge is -2.33. The number of hydrogen-bond acceptors (Lipinski definition) is 6. The monoisotopic (exact) mass is 439 g/mol. The Morgan fingerprint density at radius 3 is 2.74 bits per heavy atom. The molecule has 5 rings (SSSR count). The minimum Gasteiger partial charge on any atom is -0.481 e. The van der Waals surface area contributed by atoms with Crippen molar-refractivity contribution < 1.29 is 19.4 Å². The Hall–Kier alpha value is -3.19. The van der Waals surface area contributed by atoms with E-state index < -0.39 is 5.97 Å². The van der Waals surface area contributed by atoms with Crippen molar-refractivity contribution in [3.63, 3.8) is 0 Å². The Morgan fingerprint density at radius 1 is 1.13 bits per heavy atom. The van der Waals surface area contributed by atoms with E-state index >= 15 is 0 Å². The van der Waals surface area contributed by atoms with E-state index in [1.54, 1.807) is 0 Å². The van der Waals surface area contributed by atoms with E-state index in [-0.39, 0.29) is 12.7 Å². The fourth-order valence-corrected chi connectivity index (χ4v) is 4.32. The normalized spacial score (nSPS) is 16.0. The zero-order valence-corrected chi connectivity index (χ0v) is 17.6. The lowest BCUT2D eigenvalue weighted by Crippen LogP contribution is -2.36. The van der Waals surface area contributed by atoms with Crippen LogP contribution >= 0.6 is 11.6 Å². The number of rotatable bonds is 5. The number of aliphatic carboxylic acids is 1. The molecular formula is C23H22ClN3O4. The molecule has 2 aliphatic rings. The summed E-state index contributed by atoms with van der Waals surface area (Å²) in [5, 5.41) is 14.3. The number of carboxylic acids is 1. The first kappa shape index (κ1) is 19.8. The van der Waals surface area contributed by atoms with Crippen LogP contribution in [0.4, 0.5) is 11.5 Å². The molecule has 160 valence electrons. The van der Waals surface area contributed by atoms with Crippen LogP contribution in [0.3, 0.4) is 0 Å². The van der Waals surface area contributed by atoms with Crippen molar-refractivity contribution in [1.29, 1.82) is 0 Å². The van der Waals surface area contributed by atoms with E-state index in [1.165, 1.54) is 0 Å². The number of nitrogens with one attached hydrogen (secondary N) is 1. The van der Waals surface area contributed by atoms with E-state index in [2.05, 4.69) is 10.2 Å². The Labute approximate surface area is 184 Å². The number of carbonyl (C=O) groups is 1. The molecule has 7 nitrogen and oxygen atoms in total. The number of piperidine rings is 1. The van der Waals surface area contributed by atoms with Crippen molar-refractivity contribution >= 4 is 40.0 Å². The van der Waals surface area contributed by atoms with Crippen LogP contribution in [0.5, 0.6) is 11.5 Å². The summed E-state index contributed by atoms with van der Waals surface area (Å²) in [6.07, 6.45) is 1.25. The molecule has 0 aliphatic carbocycles. The summed E-state index contributed by atoms with van der Waals surface area (Å²) in [6, 6.07) is 13.6. The van der Waals surface area contributed by atoms with Gasteiger partial charge in [-0.3, -0.25) is 4.79 Å². The standard InChI is InChI=1S/C23H22ClN3O4/c24-16-2-3-18-17(10-16)19(27-7-5-15(6-8-27)23(28)29)11-22(26-18)25-12-14-1-4-20-21(9-14)31-13-30-20/h1-4,9-11,15H,5-8,12-13H2,(H,25,26)(H,28,29). The highest BCUT2D eigenvalue weighted by molar-refractivity contribution is 6.31. The molecule has 3 aromatic rings. The van der Waals surface area contributed by atoms with E-state index in [1.807, 2.05) is 42.5 Å². The molecule has 0 amide bonds. The second-order valence-electron chi connectivity index (χ2n) is 7.83. The van der Waals surface area contributed by atoms with Crippen molar-refractivity contribution in [2.75, 3.05) is 30.1 Å². The quantitative estimate of drug-likeness (QED) is 0.604. The topological polar surface area (TPSA) is 83.9 Å². The summed E-state index contributed by atoms with van der Waals surface area (Å²) in [5.74, 6) is 1.27. The largest absolute Gasteiger partial charge is 0.481 e. The molecule has 0 atom stereocenters. The SMILES string of the molecule is O=C(O)C1CCN(c2cc(NCc3ccc4c(c3)OCO4)nc3ccc(Cl)cc23)CC1. The fourth-order valence-electron chi connectivity index (χ4n) is 4.14. The lowest BCUT2D eigenvalue weighted by molar-refractivity contribution is -0.142. The van der Waals surface area contributed by atoms with Gasteiger partial charge in [0.15, 0.2) is 11.5 Å². The molecule has 0 spiro atoms. The maximum absolute atomic E-state index is 11.3. The maximum atomic E-state index is 11.3. The van der Waals surface area contributed by atoms with Gasteiger partial charge in [0.2, 0.25) is 6.79 Å². The van der Waals surface area contributed by atoms with E-state index in [4.69, 9.17) is 26.1 Å². The van der Waals surface area contributed by atoms with Crippen molar-refractivity contribution in [1.82, 2.24) is 4.98 Å². The van der Waals surface area contributed by atoms with Crippen LogP contribution in [0.15, 0.2) is 42.5 Å². The van der Waals surface area contributed by atoms with Crippen molar-refractivity contribution in [2.45, 2.75) is 19.4 Å². The Balaban J connectivity index is 1.41. The number of aromatic nitrogens is 1. The van der Waals surface area contributed by atoms with E-state index in [0.717, 1.165) is 39.5 Å². The first-order valence-electron chi connectivity index (χ1n) is 10.3. The van der Waals surface area contributed by atoms with Gasteiger partial charge >= 0.3 is 5.97 Å². The van der Waals surface area contributed by atoms with Crippen molar-refractivity contribution in [3.05, 3.63) is 53.1 Å². The highest BCUT2D eigenvalue weighted by Gasteiger charge is 2.26. The van der Waals surface area contributed by atoms with Gasteiger partial charge in [0.1, 0.15) is 5.82 Å². The first-order valence-corrected chi connectivity index (χ1v) is 10.6. The minimum absolute atomic E-state index is 0.253. The van der Waals surface area contributed by atoms with Crippen LogP contribution < -0.4 is 19.7 Å². The zero-order valence-electron chi connectivity index (χ0n) is 16.8. The van der Waals surface area contributed by atoms with Crippen molar-refractivity contribution in [2.24, 2.45) is 5.92 Å². The molecule has 3 heterocycles. The predicted octanol–water partition coefficient (Wildman–Crippen LogP) is 4.53.